The first-order valence-electron chi connectivity index (χ1n) is 4.77. The van der Waals surface area contributed by atoms with Gasteiger partial charge < -0.3 is 0 Å². The summed E-state index contributed by atoms with van der Waals surface area (Å²) in [4.78, 5) is 0.885. The van der Waals surface area contributed by atoms with E-state index in [-0.39, 0.29) is 5.82 Å². The summed E-state index contributed by atoms with van der Waals surface area (Å²) in [5.74, 6) is -0.292. The van der Waals surface area contributed by atoms with Crippen molar-refractivity contribution in [2.24, 2.45) is 0 Å². The highest BCUT2D eigenvalue weighted by Crippen LogP contribution is 2.31. The first kappa shape index (κ1) is 12.1. The minimum absolute atomic E-state index is 0.292. The lowest BCUT2D eigenvalue weighted by Crippen LogP contribution is -2.07. The zero-order valence-electron chi connectivity index (χ0n) is 8.98. The van der Waals surface area contributed by atoms with Crippen molar-refractivity contribution in [1.29, 1.82) is 0 Å². The van der Waals surface area contributed by atoms with Gasteiger partial charge in [-0.3, -0.25) is 4.72 Å². The Balaban J connectivity index is 2.27. The standard InChI is InChI=1S/C11H10FNO2S2/c1-17(14,15)13-11-7-6-10(16-11)8-2-4-9(12)5-3-8/h2-7,13H,1H3. The van der Waals surface area contributed by atoms with Crippen LogP contribution in [-0.4, -0.2) is 14.7 Å². The summed E-state index contributed by atoms with van der Waals surface area (Å²) in [6.45, 7) is 0. The molecular weight excluding hydrogens is 261 g/mol. The predicted molar refractivity (Wildman–Crippen MR) is 68.2 cm³/mol. The summed E-state index contributed by atoms with van der Waals surface area (Å²) in [7, 11) is -3.25. The van der Waals surface area contributed by atoms with Crippen LogP contribution in [0, 0.1) is 5.82 Å². The van der Waals surface area contributed by atoms with Gasteiger partial charge in [-0.1, -0.05) is 12.1 Å². The lowest BCUT2D eigenvalue weighted by molar-refractivity contribution is 0.607. The third kappa shape index (κ3) is 3.28. The molecule has 2 aromatic rings. The van der Waals surface area contributed by atoms with Crippen molar-refractivity contribution in [3.63, 3.8) is 0 Å². The third-order valence-electron chi connectivity index (χ3n) is 2.02. The molecule has 0 aliphatic carbocycles. The van der Waals surface area contributed by atoms with Gasteiger partial charge in [0.05, 0.1) is 6.26 Å². The van der Waals surface area contributed by atoms with Crippen molar-refractivity contribution in [1.82, 2.24) is 0 Å². The summed E-state index contributed by atoms with van der Waals surface area (Å²) in [6, 6.07) is 9.55. The van der Waals surface area contributed by atoms with E-state index in [2.05, 4.69) is 4.72 Å². The van der Waals surface area contributed by atoms with E-state index in [1.807, 2.05) is 0 Å². The molecule has 1 heterocycles. The van der Waals surface area contributed by atoms with E-state index in [0.717, 1.165) is 16.7 Å². The number of hydrogen-bond donors (Lipinski definition) is 1. The molecule has 6 heteroatoms. The molecule has 1 aromatic carbocycles. The number of anilines is 1. The van der Waals surface area contributed by atoms with Crippen LogP contribution in [0.4, 0.5) is 9.39 Å². The maximum Gasteiger partial charge on any atom is 0.230 e. The van der Waals surface area contributed by atoms with Gasteiger partial charge in [-0.2, -0.15) is 0 Å². The fourth-order valence-corrected chi connectivity index (χ4v) is 3.16. The summed E-state index contributed by atoms with van der Waals surface area (Å²) >= 11 is 1.31. The summed E-state index contributed by atoms with van der Waals surface area (Å²) < 4.78 is 37.2. The first-order chi connectivity index (χ1) is 7.94. The van der Waals surface area contributed by atoms with Crippen LogP contribution >= 0.6 is 11.3 Å². The highest BCUT2D eigenvalue weighted by Gasteiger charge is 2.06. The number of thiophene rings is 1. The number of hydrogen-bond acceptors (Lipinski definition) is 3. The SMILES string of the molecule is CS(=O)(=O)Nc1ccc(-c2ccc(F)cc2)s1. The number of rotatable bonds is 3. The monoisotopic (exact) mass is 271 g/mol. The normalized spacial score (nSPS) is 11.4. The Morgan fingerprint density at radius 2 is 1.76 bits per heavy atom. The van der Waals surface area contributed by atoms with Crippen LogP contribution < -0.4 is 4.72 Å². The summed E-state index contributed by atoms with van der Waals surface area (Å²) in [5.41, 5.74) is 0.859. The van der Waals surface area contributed by atoms with Gasteiger partial charge in [0.25, 0.3) is 0 Å². The number of nitrogens with one attached hydrogen (secondary N) is 1. The molecule has 1 aromatic heterocycles. The Bertz CT molecular complexity index is 617. The molecule has 0 saturated heterocycles. The molecule has 0 aliphatic rings. The molecule has 0 atom stereocenters. The molecule has 0 unspecified atom stereocenters. The van der Waals surface area contributed by atoms with E-state index < -0.39 is 10.0 Å². The van der Waals surface area contributed by atoms with Gasteiger partial charge in [-0.15, -0.1) is 11.3 Å². The number of halogens is 1. The van der Waals surface area contributed by atoms with Gasteiger partial charge in [0.1, 0.15) is 10.8 Å². The molecule has 3 nitrogen and oxygen atoms in total. The van der Waals surface area contributed by atoms with Crippen LogP contribution in [0.15, 0.2) is 36.4 Å². The lowest BCUT2D eigenvalue weighted by Gasteiger charge is -1.99. The van der Waals surface area contributed by atoms with Gasteiger partial charge in [0.2, 0.25) is 10.0 Å². The summed E-state index contributed by atoms with van der Waals surface area (Å²) in [6.07, 6.45) is 1.10. The van der Waals surface area contributed by atoms with Crippen LogP contribution in [0.3, 0.4) is 0 Å². The number of sulfonamides is 1. The van der Waals surface area contributed by atoms with E-state index >= 15 is 0 Å². The lowest BCUT2D eigenvalue weighted by atomic mass is 10.2. The van der Waals surface area contributed by atoms with E-state index in [4.69, 9.17) is 0 Å². The predicted octanol–water partition coefficient (Wildman–Crippen LogP) is 2.93. The van der Waals surface area contributed by atoms with E-state index in [1.54, 1.807) is 24.3 Å². The van der Waals surface area contributed by atoms with Crippen LogP contribution in [0.25, 0.3) is 10.4 Å². The van der Waals surface area contributed by atoms with Gasteiger partial charge >= 0.3 is 0 Å². The van der Waals surface area contributed by atoms with Gasteiger partial charge in [-0.05, 0) is 29.8 Å². The van der Waals surface area contributed by atoms with E-state index in [1.165, 1.54) is 23.5 Å². The topological polar surface area (TPSA) is 46.2 Å². The largest absolute Gasteiger partial charge is 0.275 e. The zero-order chi connectivity index (χ0) is 12.5. The molecule has 0 fully saturated rings. The Hall–Kier alpha value is -1.40. The van der Waals surface area contributed by atoms with Crippen molar-refractivity contribution in [3.8, 4) is 10.4 Å². The molecule has 0 spiro atoms. The van der Waals surface area contributed by atoms with Crippen molar-refractivity contribution in [3.05, 3.63) is 42.2 Å². The van der Waals surface area contributed by atoms with Crippen LogP contribution in [0.5, 0.6) is 0 Å². The molecule has 0 amide bonds. The number of benzene rings is 1. The maximum atomic E-state index is 12.7. The fourth-order valence-electron chi connectivity index (χ4n) is 1.34. The molecule has 0 aliphatic heterocycles. The summed E-state index contributed by atoms with van der Waals surface area (Å²) in [5, 5.41) is 0.548. The second kappa shape index (κ2) is 4.46. The van der Waals surface area contributed by atoms with Gasteiger partial charge in [0.15, 0.2) is 0 Å². The van der Waals surface area contributed by atoms with Crippen molar-refractivity contribution in [2.45, 2.75) is 0 Å². The molecular formula is C11H10FNO2S2. The molecule has 17 heavy (non-hydrogen) atoms. The minimum atomic E-state index is -3.25. The second-order valence-corrected chi connectivity index (χ2v) is 6.38. The maximum absolute atomic E-state index is 12.7. The Labute approximate surface area is 103 Å². The average molecular weight is 271 g/mol. The molecule has 2 rings (SSSR count). The van der Waals surface area contributed by atoms with Crippen molar-refractivity contribution in [2.75, 3.05) is 11.0 Å². The third-order valence-corrected chi connectivity index (χ3v) is 3.79. The fraction of sp³-hybridized carbons (Fsp3) is 0.0909. The highest BCUT2D eigenvalue weighted by atomic mass is 32.2. The van der Waals surface area contributed by atoms with Crippen LogP contribution in [-0.2, 0) is 10.0 Å². The molecule has 90 valence electrons. The van der Waals surface area contributed by atoms with Crippen molar-refractivity contribution < 1.29 is 12.8 Å². The first-order valence-corrected chi connectivity index (χ1v) is 7.48. The average Bonchev–Trinajstić information content (AvgIpc) is 2.64. The van der Waals surface area contributed by atoms with Crippen LogP contribution in [0.1, 0.15) is 0 Å². The Morgan fingerprint density at radius 3 is 2.35 bits per heavy atom. The van der Waals surface area contributed by atoms with Gasteiger partial charge in [-0.25, -0.2) is 12.8 Å². The highest BCUT2D eigenvalue weighted by molar-refractivity contribution is 7.92. The Kier molecular flexibility index (Phi) is 3.17. The van der Waals surface area contributed by atoms with Crippen LogP contribution in [0.2, 0.25) is 0 Å². The van der Waals surface area contributed by atoms with Gasteiger partial charge in [0, 0.05) is 4.88 Å². The minimum Gasteiger partial charge on any atom is -0.275 e. The molecule has 0 radical (unpaired) electrons. The second-order valence-electron chi connectivity index (χ2n) is 3.55. The molecule has 1 N–H and O–H groups in total. The molecule has 0 saturated carbocycles. The van der Waals surface area contributed by atoms with E-state index in [0.29, 0.717) is 5.00 Å². The Morgan fingerprint density at radius 1 is 1.12 bits per heavy atom. The van der Waals surface area contributed by atoms with Crippen molar-refractivity contribution >= 4 is 26.4 Å². The molecule has 0 bridgehead atoms. The quantitative estimate of drug-likeness (QED) is 0.933. The van der Waals surface area contributed by atoms with E-state index in [9.17, 15) is 12.8 Å². The zero-order valence-corrected chi connectivity index (χ0v) is 10.6. The smallest absolute Gasteiger partial charge is 0.230 e.